The van der Waals surface area contributed by atoms with Crippen LogP contribution in [0.4, 0.5) is 0 Å². The molecule has 0 saturated carbocycles. The Morgan fingerprint density at radius 3 is 2.91 bits per heavy atom. The second kappa shape index (κ2) is 6.38. The highest BCUT2D eigenvalue weighted by Gasteiger charge is 2.35. The predicted molar refractivity (Wildman–Crippen MR) is 84.4 cm³/mol. The van der Waals surface area contributed by atoms with Gasteiger partial charge in [-0.2, -0.15) is 9.40 Å². The van der Waals surface area contributed by atoms with Crippen molar-refractivity contribution < 1.29 is 13.2 Å². The molecule has 7 nitrogen and oxygen atoms in total. The largest absolute Gasteiger partial charge is 0.384 e. The van der Waals surface area contributed by atoms with Gasteiger partial charge in [-0.05, 0) is 19.1 Å². The molecular weight excluding hydrogens is 316 g/mol. The van der Waals surface area contributed by atoms with E-state index < -0.39 is 10.0 Å². The third-order valence-corrected chi connectivity index (χ3v) is 5.82. The van der Waals surface area contributed by atoms with E-state index in [9.17, 15) is 8.42 Å². The van der Waals surface area contributed by atoms with Crippen LogP contribution in [-0.4, -0.2) is 47.7 Å². The minimum atomic E-state index is -3.59. The molecule has 2 aromatic heterocycles. The molecule has 0 aromatic carbocycles. The molecule has 0 unspecified atom stereocenters. The van der Waals surface area contributed by atoms with Crippen LogP contribution in [0.25, 0.3) is 0 Å². The molecule has 8 heteroatoms. The topological polar surface area (TPSA) is 77.3 Å². The Balaban J connectivity index is 1.96. The molecule has 1 aliphatic heterocycles. The van der Waals surface area contributed by atoms with Crippen molar-refractivity contribution in [3.05, 3.63) is 42.0 Å². The molecule has 0 spiro atoms. The normalized spacial score (nSPS) is 18.8. The smallest absolute Gasteiger partial charge is 0.244 e. The number of aryl methyl sites for hydroxylation is 1. The van der Waals surface area contributed by atoms with Crippen LogP contribution in [0, 0.1) is 0 Å². The van der Waals surface area contributed by atoms with Crippen molar-refractivity contribution in [1.82, 2.24) is 19.1 Å². The van der Waals surface area contributed by atoms with E-state index in [2.05, 4.69) is 10.1 Å². The number of hydrogen-bond acceptors (Lipinski definition) is 5. The number of hydrogen-bond donors (Lipinski definition) is 0. The van der Waals surface area contributed by atoms with Crippen molar-refractivity contribution in [2.24, 2.45) is 0 Å². The average molecular weight is 336 g/mol. The van der Waals surface area contributed by atoms with Crippen LogP contribution >= 0.6 is 0 Å². The first-order valence-electron chi connectivity index (χ1n) is 7.51. The van der Waals surface area contributed by atoms with Gasteiger partial charge in [-0.25, -0.2) is 8.42 Å². The Bertz CT molecular complexity index is 773. The van der Waals surface area contributed by atoms with Crippen LogP contribution in [0.3, 0.4) is 0 Å². The van der Waals surface area contributed by atoms with Crippen molar-refractivity contribution in [2.75, 3.05) is 20.3 Å². The average Bonchev–Trinajstić information content (AvgIpc) is 2.99. The lowest BCUT2D eigenvalue weighted by Gasteiger charge is -2.30. The van der Waals surface area contributed by atoms with Gasteiger partial charge in [0, 0.05) is 50.3 Å². The number of fused-ring (bicyclic) bond motifs is 1. The summed E-state index contributed by atoms with van der Waals surface area (Å²) >= 11 is 0. The number of ether oxygens (including phenoxy) is 1. The number of rotatable bonds is 5. The van der Waals surface area contributed by atoms with Crippen molar-refractivity contribution in [3.63, 3.8) is 0 Å². The minimum absolute atomic E-state index is 0.0181. The number of aromatic nitrogens is 3. The summed E-state index contributed by atoms with van der Waals surface area (Å²) in [5.74, 6) is -0.0181. The van der Waals surface area contributed by atoms with E-state index in [0.29, 0.717) is 13.2 Å². The monoisotopic (exact) mass is 336 g/mol. The van der Waals surface area contributed by atoms with E-state index in [0.717, 1.165) is 17.8 Å². The first-order chi connectivity index (χ1) is 11.1. The highest BCUT2D eigenvalue weighted by Crippen LogP contribution is 2.31. The molecule has 0 radical (unpaired) electrons. The van der Waals surface area contributed by atoms with Gasteiger partial charge in [0.1, 0.15) is 4.90 Å². The number of methoxy groups -OCH3 is 1. The molecule has 0 N–H and O–H groups in total. The highest BCUT2D eigenvalue weighted by molar-refractivity contribution is 7.89. The third kappa shape index (κ3) is 3.01. The van der Waals surface area contributed by atoms with Crippen molar-refractivity contribution in [1.29, 1.82) is 0 Å². The van der Waals surface area contributed by atoms with Crippen molar-refractivity contribution in [2.45, 2.75) is 30.8 Å². The molecule has 0 fully saturated rings. The van der Waals surface area contributed by atoms with Crippen LogP contribution in [0.15, 0.2) is 35.6 Å². The fraction of sp³-hybridized carbons (Fsp3) is 0.467. The van der Waals surface area contributed by atoms with Gasteiger partial charge in [0.2, 0.25) is 10.0 Å². The van der Waals surface area contributed by atoms with Gasteiger partial charge in [0.25, 0.3) is 0 Å². The fourth-order valence-corrected chi connectivity index (χ4v) is 4.27. The molecule has 2 aromatic rings. The molecule has 23 heavy (non-hydrogen) atoms. The summed E-state index contributed by atoms with van der Waals surface area (Å²) in [4.78, 5) is 4.12. The first-order valence-corrected chi connectivity index (χ1v) is 8.95. The molecule has 1 aliphatic rings. The zero-order valence-electron chi connectivity index (χ0n) is 13.2. The summed E-state index contributed by atoms with van der Waals surface area (Å²) in [5.41, 5.74) is 1.87. The van der Waals surface area contributed by atoms with Gasteiger partial charge in [-0.3, -0.25) is 9.67 Å². The first kappa shape index (κ1) is 16.1. The summed E-state index contributed by atoms with van der Waals surface area (Å²) in [5, 5.41) is 4.50. The van der Waals surface area contributed by atoms with Crippen LogP contribution in [-0.2, 0) is 27.8 Å². The SMILES string of the molecule is CCn1cc2c(n1)CN(S(=O)(=O)c1cccnc1)C[C@@H]2COC. The Morgan fingerprint density at radius 2 is 2.26 bits per heavy atom. The van der Waals surface area contributed by atoms with Crippen LogP contribution in [0.2, 0.25) is 0 Å². The maximum absolute atomic E-state index is 12.8. The van der Waals surface area contributed by atoms with Gasteiger partial charge in [0.15, 0.2) is 0 Å². The summed E-state index contributed by atoms with van der Waals surface area (Å²) < 4.78 is 34.2. The van der Waals surface area contributed by atoms with Gasteiger partial charge in [-0.1, -0.05) is 0 Å². The number of nitrogens with zero attached hydrogens (tertiary/aromatic N) is 4. The fourth-order valence-electron chi connectivity index (χ4n) is 2.85. The lowest BCUT2D eigenvalue weighted by molar-refractivity contribution is 0.162. The maximum atomic E-state index is 12.8. The zero-order valence-corrected chi connectivity index (χ0v) is 14.0. The van der Waals surface area contributed by atoms with E-state index in [1.807, 2.05) is 17.8 Å². The standard InChI is InChI=1S/C15H20N4O3S/c1-3-18-9-14-12(11-22-2)8-19(10-15(14)17-18)23(20,21)13-5-4-6-16-7-13/h4-7,9,12H,3,8,10-11H2,1-2H3/t12-/m1/s1. The van der Waals surface area contributed by atoms with E-state index in [1.54, 1.807) is 25.4 Å². The summed E-state index contributed by atoms with van der Waals surface area (Å²) in [7, 11) is -1.96. The Morgan fingerprint density at radius 1 is 1.43 bits per heavy atom. The van der Waals surface area contributed by atoms with Gasteiger partial charge < -0.3 is 4.74 Å². The third-order valence-electron chi connectivity index (χ3n) is 4.02. The molecule has 124 valence electrons. The Labute approximate surface area is 135 Å². The summed E-state index contributed by atoms with van der Waals surface area (Å²) in [6.45, 7) is 3.88. The van der Waals surface area contributed by atoms with Crippen LogP contribution in [0.5, 0.6) is 0 Å². The molecule has 1 atom stereocenters. The van der Waals surface area contributed by atoms with Gasteiger partial charge in [-0.15, -0.1) is 0 Å². The second-order valence-corrected chi connectivity index (χ2v) is 7.46. The number of sulfonamides is 1. The molecule has 3 heterocycles. The van der Waals surface area contributed by atoms with E-state index in [-0.39, 0.29) is 17.4 Å². The zero-order chi connectivity index (χ0) is 16.4. The molecule has 0 bridgehead atoms. The minimum Gasteiger partial charge on any atom is -0.384 e. The van der Waals surface area contributed by atoms with Crippen LogP contribution in [0.1, 0.15) is 24.1 Å². The van der Waals surface area contributed by atoms with E-state index in [4.69, 9.17) is 4.74 Å². The molecular formula is C15H20N4O3S. The van der Waals surface area contributed by atoms with Crippen molar-refractivity contribution in [3.8, 4) is 0 Å². The van der Waals surface area contributed by atoms with Crippen LogP contribution < -0.4 is 0 Å². The van der Waals surface area contributed by atoms with E-state index >= 15 is 0 Å². The molecule has 3 rings (SSSR count). The lowest BCUT2D eigenvalue weighted by Crippen LogP contribution is -2.39. The van der Waals surface area contributed by atoms with E-state index in [1.165, 1.54) is 10.5 Å². The van der Waals surface area contributed by atoms with Gasteiger partial charge in [0.05, 0.1) is 18.8 Å². The molecule has 0 saturated heterocycles. The number of pyridine rings is 1. The Kier molecular flexibility index (Phi) is 4.47. The lowest BCUT2D eigenvalue weighted by atomic mass is 9.97. The molecule has 0 amide bonds. The van der Waals surface area contributed by atoms with Crippen molar-refractivity contribution >= 4 is 10.0 Å². The Hall–Kier alpha value is -1.77. The summed E-state index contributed by atoms with van der Waals surface area (Å²) in [6.07, 6.45) is 4.93. The summed E-state index contributed by atoms with van der Waals surface area (Å²) in [6, 6.07) is 3.19. The van der Waals surface area contributed by atoms with Gasteiger partial charge >= 0.3 is 0 Å². The quantitative estimate of drug-likeness (QED) is 0.821. The highest BCUT2D eigenvalue weighted by atomic mass is 32.2. The second-order valence-electron chi connectivity index (χ2n) is 5.53. The predicted octanol–water partition coefficient (Wildman–Crippen LogP) is 1.23. The molecule has 0 aliphatic carbocycles. The maximum Gasteiger partial charge on any atom is 0.244 e.